The number of aromatic nitrogens is 2. The van der Waals surface area contributed by atoms with Crippen LogP contribution >= 0.6 is 0 Å². The fourth-order valence-electron chi connectivity index (χ4n) is 2.21. The van der Waals surface area contributed by atoms with Gasteiger partial charge in [0.2, 0.25) is 0 Å². The quantitative estimate of drug-likeness (QED) is 0.917. The van der Waals surface area contributed by atoms with E-state index in [1.807, 2.05) is 4.90 Å². The van der Waals surface area contributed by atoms with Crippen LogP contribution in [0.15, 0.2) is 12.4 Å². The zero-order chi connectivity index (χ0) is 14.5. The Kier molecular flexibility index (Phi) is 4.93. The summed E-state index contributed by atoms with van der Waals surface area (Å²) in [6.07, 6.45) is 5.37. The number of carbonyl (C=O) groups excluding carboxylic acids is 1. The molecule has 0 atom stereocenters. The molecule has 0 spiro atoms. The van der Waals surface area contributed by atoms with Crippen LogP contribution < -0.4 is 5.32 Å². The molecule has 1 N–H and O–H groups in total. The second-order valence-electron chi connectivity index (χ2n) is 6.04. The summed E-state index contributed by atoms with van der Waals surface area (Å²) in [5, 5.41) is 3.20. The number of carbonyl (C=O) groups is 1. The van der Waals surface area contributed by atoms with E-state index in [9.17, 15) is 4.79 Å². The third-order valence-corrected chi connectivity index (χ3v) is 3.63. The molecule has 0 bridgehead atoms. The maximum Gasteiger partial charge on any atom is 0.274 e. The van der Waals surface area contributed by atoms with Gasteiger partial charge in [-0.1, -0.05) is 20.8 Å². The lowest BCUT2D eigenvalue weighted by Gasteiger charge is -2.29. The maximum atomic E-state index is 12.3. The molecule has 1 aliphatic rings. The lowest BCUT2D eigenvalue weighted by Crippen LogP contribution is -2.38. The van der Waals surface area contributed by atoms with Gasteiger partial charge in [0.05, 0.1) is 12.4 Å². The molecule has 2 heterocycles. The minimum absolute atomic E-state index is 0.000176. The number of hydrogen-bond donors (Lipinski definition) is 1. The maximum absolute atomic E-state index is 12.3. The summed E-state index contributed by atoms with van der Waals surface area (Å²) in [6, 6.07) is 0. The Balaban J connectivity index is 1.93. The first-order chi connectivity index (χ1) is 9.56. The zero-order valence-electron chi connectivity index (χ0n) is 12.6. The number of rotatable bonds is 4. The summed E-state index contributed by atoms with van der Waals surface area (Å²) >= 11 is 0. The van der Waals surface area contributed by atoms with Crippen molar-refractivity contribution < 1.29 is 4.79 Å². The molecular formula is C15H24N4O. The van der Waals surface area contributed by atoms with Gasteiger partial charge in [0.25, 0.3) is 5.91 Å². The first kappa shape index (κ1) is 14.8. The van der Waals surface area contributed by atoms with Gasteiger partial charge < -0.3 is 10.2 Å². The minimum Gasteiger partial charge on any atom is -0.369 e. The van der Waals surface area contributed by atoms with E-state index in [0.29, 0.717) is 17.5 Å². The number of piperidine rings is 1. The van der Waals surface area contributed by atoms with Crippen LogP contribution in [0.25, 0.3) is 0 Å². The summed E-state index contributed by atoms with van der Waals surface area (Å²) in [4.78, 5) is 22.7. The molecule has 1 aliphatic heterocycles. The first-order valence-corrected chi connectivity index (χ1v) is 7.41. The SMILES string of the molecule is CC(C)CNc1cnc(C(=O)N2CCC(C)CC2)cn1. The Morgan fingerprint density at radius 1 is 1.35 bits per heavy atom. The van der Waals surface area contributed by atoms with Crippen molar-refractivity contribution in [1.29, 1.82) is 0 Å². The van der Waals surface area contributed by atoms with E-state index in [0.717, 1.165) is 38.3 Å². The van der Waals surface area contributed by atoms with Gasteiger partial charge in [0.15, 0.2) is 0 Å². The largest absolute Gasteiger partial charge is 0.369 e. The lowest BCUT2D eigenvalue weighted by molar-refractivity contribution is 0.0691. The van der Waals surface area contributed by atoms with Crippen LogP contribution in [0.5, 0.6) is 0 Å². The van der Waals surface area contributed by atoms with Gasteiger partial charge in [-0.25, -0.2) is 9.97 Å². The lowest BCUT2D eigenvalue weighted by atomic mass is 9.99. The van der Waals surface area contributed by atoms with E-state index in [4.69, 9.17) is 0 Å². The molecule has 1 aromatic rings. The van der Waals surface area contributed by atoms with Gasteiger partial charge in [-0.3, -0.25) is 4.79 Å². The van der Waals surface area contributed by atoms with E-state index in [2.05, 4.69) is 36.1 Å². The summed E-state index contributed by atoms with van der Waals surface area (Å²) in [5.74, 6) is 1.99. The van der Waals surface area contributed by atoms with Crippen LogP contribution in [0, 0.1) is 11.8 Å². The second kappa shape index (κ2) is 6.68. The average molecular weight is 276 g/mol. The van der Waals surface area contributed by atoms with Crippen molar-refractivity contribution in [3.63, 3.8) is 0 Å². The summed E-state index contributed by atoms with van der Waals surface area (Å²) < 4.78 is 0. The molecule has 5 nitrogen and oxygen atoms in total. The predicted octanol–water partition coefficient (Wildman–Crippen LogP) is 2.42. The van der Waals surface area contributed by atoms with Crippen molar-refractivity contribution in [2.75, 3.05) is 25.0 Å². The average Bonchev–Trinajstić information content (AvgIpc) is 2.46. The highest BCUT2D eigenvalue weighted by Crippen LogP contribution is 2.17. The van der Waals surface area contributed by atoms with Gasteiger partial charge in [0.1, 0.15) is 11.5 Å². The fourth-order valence-corrected chi connectivity index (χ4v) is 2.21. The molecule has 0 saturated carbocycles. The van der Waals surface area contributed by atoms with Crippen LogP contribution in [0.1, 0.15) is 44.1 Å². The van der Waals surface area contributed by atoms with Gasteiger partial charge in [-0.05, 0) is 24.7 Å². The van der Waals surface area contributed by atoms with Crippen molar-refractivity contribution in [3.8, 4) is 0 Å². The van der Waals surface area contributed by atoms with E-state index < -0.39 is 0 Å². The summed E-state index contributed by atoms with van der Waals surface area (Å²) in [7, 11) is 0. The highest BCUT2D eigenvalue weighted by molar-refractivity contribution is 5.92. The molecule has 1 amide bonds. The molecule has 0 aliphatic carbocycles. The smallest absolute Gasteiger partial charge is 0.274 e. The number of amides is 1. The molecule has 0 radical (unpaired) electrons. The molecule has 1 aromatic heterocycles. The third-order valence-electron chi connectivity index (χ3n) is 3.63. The first-order valence-electron chi connectivity index (χ1n) is 7.41. The number of nitrogens with zero attached hydrogens (tertiary/aromatic N) is 3. The highest BCUT2D eigenvalue weighted by Gasteiger charge is 2.22. The Morgan fingerprint density at radius 3 is 2.60 bits per heavy atom. The van der Waals surface area contributed by atoms with Gasteiger partial charge in [-0.15, -0.1) is 0 Å². The van der Waals surface area contributed by atoms with Crippen LogP contribution in [-0.4, -0.2) is 40.4 Å². The van der Waals surface area contributed by atoms with Crippen molar-refractivity contribution in [2.24, 2.45) is 11.8 Å². The summed E-state index contributed by atoms with van der Waals surface area (Å²) in [6.45, 7) is 9.01. The molecule has 20 heavy (non-hydrogen) atoms. The van der Waals surface area contributed by atoms with Crippen molar-refractivity contribution >= 4 is 11.7 Å². The predicted molar refractivity (Wildman–Crippen MR) is 79.7 cm³/mol. The third kappa shape index (κ3) is 3.92. The normalized spacial score (nSPS) is 16.5. The monoisotopic (exact) mass is 276 g/mol. The number of nitrogens with one attached hydrogen (secondary N) is 1. The molecule has 110 valence electrons. The highest BCUT2D eigenvalue weighted by atomic mass is 16.2. The number of anilines is 1. The standard InChI is InChI=1S/C15H24N4O/c1-11(2)8-17-14-10-16-13(9-18-14)15(20)19-6-4-12(3)5-7-19/h9-12H,4-8H2,1-3H3,(H,17,18). The Labute approximate surface area is 120 Å². The molecular weight excluding hydrogens is 252 g/mol. The molecule has 1 saturated heterocycles. The van der Waals surface area contributed by atoms with E-state index in [1.54, 1.807) is 12.4 Å². The van der Waals surface area contributed by atoms with Crippen molar-refractivity contribution in [2.45, 2.75) is 33.6 Å². The Morgan fingerprint density at radius 2 is 2.05 bits per heavy atom. The summed E-state index contributed by atoms with van der Waals surface area (Å²) in [5.41, 5.74) is 0.439. The minimum atomic E-state index is -0.000176. The van der Waals surface area contributed by atoms with Crippen LogP contribution in [0.4, 0.5) is 5.82 Å². The molecule has 2 rings (SSSR count). The van der Waals surface area contributed by atoms with Crippen molar-refractivity contribution in [3.05, 3.63) is 18.1 Å². The molecule has 1 fully saturated rings. The molecule has 0 unspecified atom stereocenters. The van der Waals surface area contributed by atoms with E-state index >= 15 is 0 Å². The molecule has 0 aromatic carbocycles. The van der Waals surface area contributed by atoms with Gasteiger partial charge in [-0.2, -0.15) is 0 Å². The van der Waals surface area contributed by atoms with Crippen LogP contribution in [-0.2, 0) is 0 Å². The van der Waals surface area contributed by atoms with E-state index in [-0.39, 0.29) is 5.91 Å². The van der Waals surface area contributed by atoms with Crippen molar-refractivity contribution in [1.82, 2.24) is 14.9 Å². The number of likely N-dealkylation sites (tertiary alicyclic amines) is 1. The Hall–Kier alpha value is -1.65. The zero-order valence-corrected chi connectivity index (χ0v) is 12.6. The van der Waals surface area contributed by atoms with Gasteiger partial charge >= 0.3 is 0 Å². The van der Waals surface area contributed by atoms with E-state index in [1.165, 1.54) is 0 Å². The fraction of sp³-hybridized carbons (Fsp3) is 0.667. The molecule has 5 heteroatoms. The second-order valence-corrected chi connectivity index (χ2v) is 6.04. The Bertz CT molecular complexity index is 436. The number of hydrogen-bond acceptors (Lipinski definition) is 4. The van der Waals surface area contributed by atoms with Gasteiger partial charge in [0, 0.05) is 19.6 Å². The van der Waals surface area contributed by atoms with Crippen LogP contribution in [0.2, 0.25) is 0 Å². The topological polar surface area (TPSA) is 58.1 Å². The van der Waals surface area contributed by atoms with Crippen LogP contribution in [0.3, 0.4) is 0 Å².